The van der Waals surface area contributed by atoms with Gasteiger partial charge in [0.25, 0.3) is 0 Å². The summed E-state index contributed by atoms with van der Waals surface area (Å²) in [5, 5.41) is 9.74. The molecule has 1 aromatic rings. The molecule has 0 spiro atoms. The minimum Gasteiger partial charge on any atom is -0.394 e. The first-order valence-corrected chi connectivity index (χ1v) is 5.66. The third kappa shape index (κ3) is 1.81. The number of aromatic nitrogens is 2. The second-order valence-corrected chi connectivity index (χ2v) is 4.48. The van der Waals surface area contributed by atoms with Gasteiger partial charge in [-0.3, -0.25) is 0 Å². The Morgan fingerprint density at radius 2 is 2.38 bits per heavy atom. The summed E-state index contributed by atoms with van der Waals surface area (Å²) in [4.78, 5) is 9.98. The number of aliphatic hydroxyl groups excluding tert-OH is 1. The molecule has 16 heavy (non-hydrogen) atoms. The van der Waals surface area contributed by atoms with Gasteiger partial charge in [-0.15, -0.1) is 0 Å². The molecule has 1 fully saturated rings. The fourth-order valence-electron chi connectivity index (χ4n) is 2.12. The largest absolute Gasteiger partial charge is 0.394 e. The third-order valence-electron chi connectivity index (χ3n) is 3.14. The monoisotopic (exact) mass is 242 g/mol. The summed E-state index contributed by atoms with van der Waals surface area (Å²) in [6.45, 7) is 3.04. The zero-order valence-corrected chi connectivity index (χ0v) is 9.85. The van der Waals surface area contributed by atoms with Gasteiger partial charge in [0.15, 0.2) is 5.82 Å². The lowest BCUT2D eigenvalue weighted by atomic mass is 10.0. The van der Waals surface area contributed by atoms with Crippen LogP contribution in [-0.4, -0.2) is 34.3 Å². The predicted molar refractivity (Wildman–Crippen MR) is 63.5 cm³/mol. The van der Waals surface area contributed by atoms with E-state index in [0.29, 0.717) is 16.8 Å². The number of nitrogens with two attached hydrogens (primary N) is 1. The SMILES string of the molecule is CC1CCN(c2ncnc(N)c2Cl)C1CO. The average Bonchev–Trinajstić information content (AvgIpc) is 2.63. The highest BCUT2D eigenvalue weighted by Gasteiger charge is 2.32. The minimum absolute atomic E-state index is 0.0619. The second kappa shape index (κ2) is 4.43. The van der Waals surface area contributed by atoms with Crippen molar-refractivity contribution in [1.29, 1.82) is 0 Å². The molecule has 1 aromatic heterocycles. The molecule has 0 saturated carbocycles. The van der Waals surface area contributed by atoms with Crippen LogP contribution in [0.5, 0.6) is 0 Å². The van der Waals surface area contributed by atoms with Gasteiger partial charge >= 0.3 is 0 Å². The Balaban J connectivity index is 2.34. The van der Waals surface area contributed by atoms with Gasteiger partial charge in [0.05, 0.1) is 12.6 Å². The van der Waals surface area contributed by atoms with E-state index in [1.54, 1.807) is 0 Å². The lowest BCUT2D eigenvalue weighted by Crippen LogP contribution is -2.36. The number of rotatable bonds is 2. The lowest BCUT2D eigenvalue weighted by molar-refractivity contribution is 0.244. The smallest absolute Gasteiger partial charge is 0.153 e. The van der Waals surface area contributed by atoms with E-state index in [9.17, 15) is 5.11 Å². The minimum atomic E-state index is 0.0619. The molecule has 0 aliphatic carbocycles. The van der Waals surface area contributed by atoms with Gasteiger partial charge in [-0.05, 0) is 12.3 Å². The summed E-state index contributed by atoms with van der Waals surface area (Å²) in [6.07, 6.45) is 2.42. The first-order chi connectivity index (χ1) is 7.65. The Morgan fingerprint density at radius 3 is 3.06 bits per heavy atom. The predicted octanol–water partition coefficient (Wildman–Crippen LogP) is 0.919. The second-order valence-electron chi connectivity index (χ2n) is 4.11. The Bertz CT molecular complexity index is 387. The first kappa shape index (κ1) is 11.4. The summed E-state index contributed by atoms with van der Waals surface area (Å²) in [6, 6.07) is 0.0619. The number of anilines is 2. The van der Waals surface area contributed by atoms with E-state index in [2.05, 4.69) is 16.9 Å². The highest BCUT2D eigenvalue weighted by atomic mass is 35.5. The van der Waals surface area contributed by atoms with Gasteiger partial charge in [0.1, 0.15) is 17.2 Å². The molecule has 2 heterocycles. The van der Waals surface area contributed by atoms with E-state index in [1.165, 1.54) is 6.33 Å². The summed E-state index contributed by atoms with van der Waals surface area (Å²) >= 11 is 6.07. The molecule has 1 aliphatic rings. The van der Waals surface area contributed by atoms with Gasteiger partial charge in [-0.2, -0.15) is 0 Å². The molecule has 2 atom stereocenters. The van der Waals surface area contributed by atoms with Crippen LogP contribution in [0.2, 0.25) is 5.02 Å². The van der Waals surface area contributed by atoms with Crippen LogP contribution in [0.15, 0.2) is 6.33 Å². The quantitative estimate of drug-likeness (QED) is 0.807. The van der Waals surface area contributed by atoms with Crippen molar-refractivity contribution in [3.63, 3.8) is 0 Å². The van der Waals surface area contributed by atoms with Crippen molar-refractivity contribution in [3.05, 3.63) is 11.3 Å². The van der Waals surface area contributed by atoms with Gasteiger partial charge < -0.3 is 15.7 Å². The zero-order chi connectivity index (χ0) is 11.7. The summed E-state index contributed by atoms with van der Waals surface area (Å²) < 4.78 is 0. The van der Waals surface area contributed by atoms with Crippen LogP contribution in [-0.2, 0) is 0 Å². The molecule has 6 heteroatoms. The van der Waals surface area contributed by atoms with Crippen LogP contribution < -0.4 is 10.6 Å². The van der Waals surface area contributed by atoms with Crippen LogP contribution in [0.3, 0.4) is 0 Å². The third-order valence-corrected chi connectivity index (χ3v) is 3.50. The van der Waals surface area contributed by atoms with Crippen molar-refractivity contribution in [2.24, 2.45) is 5.92 Å². The number of nitrogen functional groups attached to an aromatic ring is 1. The molecule has 0 bridgehead atoms. The number of halogens is 1. The number of aliphatic hydroxyl groups is 1. The van der Waals surface area contributed by atoms with E-state index in [1.807, 2.05) is 4.90 Å². The summed E-state index contributed by atoms with van der Waals surface area (Å²) in [5.74, 6) is 1.33. The van der Waals surface area contributed by atoms with E-state index in [4.69, 9.17) is 17.3 Å². The van der Waals surface area contributed by atoms with Gasteiger partial charge in [0.2, 0.25) is 0 Å². The van der Waals surface area contributed by atoms with Crippen molar-refractivity contribution in [2.45, 2.75) is 19.4 Å². The van der Waals surface area contributed by atoms with Crippen LogP contribution in [0, 0.1) is 5.92 Å². The van der Waals surface area contributed by atoms with Crippen molar-refractivity contribution >= 4 is 23.2 Å². The van der Waals surface area contributed by atoms with E-state index in [0.717, 1.165) is 13.0 Å². The van der Waals surface area contributed by atoms with E-state index >= 15 is 0 Å². The molecule has 1 saturated heterocycles. The van der Waals surface area contributed by atoms with Gasteiger partial charge in [-0.1, -0.05) is 18.5 Å². The van der Waals surface area contributed by atoms with Gasteiger partial charge in [0, 0.05) is 6.54 Å². The van der Waals surface area contributed by atoms with Crippen LogP contribution >= 0.6 is 11.6 Å². The fourth-order valence-corrected chi connectivity index (χ4v) is 2.33. The molecular weight excluding hydrogens is 228 g/mol. The molecule has 3 N–H and O–H groups in total. The van der Waals surface area contributed by atoms with E-state index in [-0.39, 0.29) is 18.5 Å². The maximum Gasteiger partial charge on any atom is 0.153 e. The highest BCUT2D eigenvalue weighted by molar-refractivity contribution is 6.35. The van der Waals surface area contributed by atoms with Crippen LogP contribution in [0.4, 0.5) is 11.6 Å². The Kier molecular flexibility index (Phi) is 3.16. The molecule has 1 aliphatic heterocycles. The normalized spacial score (nSPS) is 25.1. The topological polar surface area (TPSA) is 75.3 Å². The van der Waals surface area contributed by atoms with Gasteiger partial charge in [-0.25, -0.2) is 9.97 Å². The van der Waals surface area contributed by atoms with Crippen molar-refractivity contribution in [1.82, 2.24) is 9.97 Å². The standard InChI is InChI=1S/C10H15ClN4O/c1-6-2-3-15(7(6)4-16)10-8(11)9(12)13-5-14-10/h5-7,16H,2-4H2,1H3,(H2,12,13,14). The molecule has 88 valence electrons. The molecule has 0 aromatic carbocycles. The first-order valence-electron chi connectivity index (χ1n) is 5.28. The number of hydrogen-bond acceptors (Lipinski definition) is 5. The Hall–Kier alpha value is -1.07. The molecule has 2 unspecified atom stereocenters. The maximum atomic E-state index is 9.37. The Morgan fingerprint density at radius 1 is 1.62 bits per heavy atom. The van der Waals surface area contributed by atoms with Crippen LogP contribution in [0.1, 0.15) is 13.3 Å². The van der Waals surface area contributed by atoms with Crippen LogP contribution in [0.25, 0.3) is 0 Å². The molecular formula is C10H15ClN4O. The Labute approximate surface area is 99.3 Å². The fraction of sp³-hybridized carbons (Fsp3) is 0.600. The molecule has 0 radical (unpaired) electrons. The number of nitrogens with zero attached hydrogens (tertiary/aromatic N) is 3. The van der Waals surface area contributed by atoms with Crippen molar-refractivity contribution in [3.8, 4) is 0 Å². The highest BCUT2D eigenvalue weighted by Crippen LogP contribution is 2.34. The molecule has 5 nitrogen and oxygen atoms in total. The molecule has 2 rings (SSSR count). The number of hydrogen-bond donors (Lipinski definition) is 2. The maximum absolute atomic E-state index is 9.37. The summed E-state index contributed by atoms with van der Waals surface area (Å²) in [7, 11) is 0. The lowest BCUT2D eigenvalue weighted by Gasteiger charge is -2.26. The average molecular weight is 243 g/mol. The summed E-state index contributed by atoms with van der Waals surface area (Å²) in [5.41, 5.74) is 5.64. The van der Waals surface area contributed by atoms with Crippen molar-refractivity contribution in [2.75, 3.05) is 23.8 Å². The van der Waals surface area contributed by atoms with Crippen molar-refractivity contribution < 1.29 is 5.11 Å². The zero-order valence-electron chi connectivity index (χ0n) is 9.10. The molecule has 0 amide bonds. The van der Waals surface area contributed by atoms with E-state index < -0.39 is 0 Å².